The standard InChI is InChI=1S/C14H20O10.3C4H9.Sn/c1-6(15)20-5-10-11(21-7(2)16)12(22-8(3)17)13(14(19)24-10)23-9(4)18;3*1-3-4-2;/h10-14,19H,5H2,1-4H3;3*1,3-4H2,2H3;/t10-,11-,12+,13-,14?;;;;/m1..../s1. The average molecular weight is 638 g/mol. The number of ether oxygens (including phenoxy) is 5. The van der Waals surface area contributed by atoms with E-state index in [2.05, 4.69) is 20.8 Å². The number of aliphatic hydroxyl groups excluding tert-OH is 1. The Bertz CT molecular complexity index is 667. The molecule has 0 bridgehead atoms. The molecule has 215 valence electrons. The van der Waals surface area contributed by atoms with Crippen molar-refractivity contribution in [3.63, 3.8) is 0 Å². The van der Waals surface area contributed by atoms with E-state index in [1.165, 1.54) is 38.5 Å². The first kappa shape index (κ1) is 35.6. The van der Waals surface area contributed by atoms with Crippen LogP contribution in [0.3, 0.4) is 0 Å². The van der Waals surface area contributed by atoms with Gasteiger partial charge in [0, 0.05) is 27.7 Å². The predicted molar refractivity (Wildman–Crippen MR) is 139 cm³/mol. The van der Waals surface area contributed by atoms with E-state index >= 15 is 0 Å². The third-order valence-corrected chi connectivity index (χ3v) is 14.7. The van der Waals surface area contributed by atoms with Crippen molar-refractivity contribution in [2.24, 2.45) is 0 Å². The number of esters is 4. The maximum atomic E-state index is 11.3. The number of hydrogen-bond donors (Lipinski definition) is 1. The zero-order valence-electron chi connectivity index (χ0n) is 23.6. The van der Waals surface area contributed by atoms with Gasteiger partial charge in [0.1, 0.15) is 12.7 Å². The normalized spacial score (nSPS) is 22.9. The van der Waals surface area contributed by atoms with Crippen molar-refractivity contribution in [3.8, 4) is 0 Å². The van der Waals surface area contributed by atoms with Crippen LogP contribution in [-0.2, 0) is 42.9 Å². The van der Waals surface area contributed by atoms with Crippen LogP contribution < -0.4 is 0 Å². The fourth-order valence-electron chi connectivity index (χ4n) is 3.86. The third-order valence-electron chi connectivity index (χ3n) is 5.62. The predicted octanol–water partition coefficient (Wildman–Crippen LogP) is 3.94. The van der Waals surface area contributed by atoms with Crippen LogP contribution in [-0.4, -0.2) is 86.1 Å². The van der Waals surface area contributed by atoms with E-state index in [1.807, 2.05) is 0 Å². The summed E-state index contributed by atoms with van der Waals surface area (Å²) in [4.78, 5) is 44.9. The number of rotatable bonds is 14. The van der Waals surface area contributed by atoms with Crippen LogP contribution in [0, 0.1) is 0 Å². The molecular weight excluding hydrogens is 591 g/mol. The van der Waals surface area contributed by atoms with E-state index in [-0.39, 0.29) is 6.61 Å². The zero-order valence-corrected chi connectivity index (χ0v) is 26.4. The number of aliphatic hydroxyl groups is 1. The van der Waals surface area contributed by atoms with E-state index in [0.717, 1.165) is 27.7 Å². The van der Waals surface area contributed by atoms with Gasteiger partial charge in [0.05, 0.1) is 0 Å². The molecule has 1 aliphatic rings. The molecule has 5 atom stereocenters. The maximum absolute atomic E-state index is 11.3. The van der Waals surface area contributed by atoms with Crippen LogP contribution in [0.1, 0.15) is 87.0 Å². The van der Waals surface area contributed by atoms with Gasteiger partial charge < -0.3 is 28.8 Å². The summed E-state index contributed by atoms with van der Waals surface area (Å²) >= 11 is -0.839. The van der Waals surface area contributed by atoms with Gasteiger partial charge >= 0.3 is 116 Å². The molecule has 10 nitrogen and oxygen atoms in total. The zero-order chi connectivity index (χ0) is 28.4. The summed E-state index contributed by atoms with van der Waals surface area (Å²) in [5, 5.41) is 10.0. The van der Waals surface area contributed by atoms with Gasteiger partial charge in [0.25, 0.3) is 0 Å². The van der Waals surface area contributed by atoms with Gasteiger partial charge in [-0.25, -0.2) is 0 Å². The molecule has 1 N–H and O–H groups in total. The molecule has 0 amide bonds. The van der Waals surface area contributed by atoms with Crippen molar-refractivity contribution < 1.29 is 48.0 Å². The molecule has 1 fully saturated rings. The van der Waals surface area contributed by atoms with Gasteiger partial charge in [-0.05, 0) is 0 Å². The Morgan fingerprint density at radius 3 is 1.46 bits per heavy atom. The summed E-state index contributed by atoms with van der Waals surface area (Å²) in [6, 6.07) is 0. The SMILES string of the molecule is CC(=O)OC[C@H]1OC(O)[C@H](OC(C)=O)[C@@H](OC(C)=O)[C@@H]1OC(C)=O.CCC[CH2][Sn]([CH2]CCC)[CH2]CCC. The molecule has 1 unspecified atom stereocenters. The second-order valence-corrected chi connectivity index (χ2v) is 17.7. The third kappa shape index (κ3) is 16.2. The molecule has 37 heavy (non-hydrogen) atoms. The van der Waals surface area contributed by atoms with Crippen LogP contribution >= 0.6 is 0 Å². The number of unbranched alkanes of at least 4 members (excludes halogenated alkanes) is 3. The van der Waals surface area contributed by atoms with Gasteiger partial charge in [0.15, 0.2) is 24.6 Å². The van der Waals surface area contributed by atoms with E-state index in [9.17, 15) is 24.3 Å². The Morgan fingerprint density at radius 2 is 1.08 bits per heavy atom. The Balaban J connectivity index is 0.000000845. The molecule has 0 spiro atoms. The molecule has 0 aromatic heterocycles. The molecule has 11 heteroatoms. The fraction of sp³-hybridized carbons (Fsp3) is 0.846. The van der Waals surface area contributed by atoms with Gasteiger partial charge in [-0.1, -0.05) is 0 Å². The van der Waals surface area contributed by atoms with Crippen molar-refractivity contribution in [2.45, 2.75) is 131 Å². The summed E-state index contributed by atoms with van der Waals surface area (Å²) in [6.45, 7) is 11.1. The molecular formula is C26H47O10Sn. The number of hydrogen-bond acceptors (Lipinski definition) is 10. The van der Waals surface area contributed by atoms with Crippen molar-refractivity contribution in [2.75, 3.05) is 6.61 Å². The average Bonchev–Trinajstić information content (AvgIpc) is 2.81. The quantitative estimate of drug-likeness (QED) is 0.169. The molecule has 0 saturated carbocycles. The minimum absolute atomic E-state index is 0.366. The first-order valence-electron chi connectivity index (χ1n) is 13.3. The Kier molecular flexibility index (Phi) is 19.8. The fourth-order valence-corrected chi connectivity index (χ4v) is 13.3. The monoisotopic (exact) mass is 639 g/mol. The van der Waals surface area contributed by atoms with E-state index < -0.39 is 74.3 Å². The molecule has 1 heterocycles. The van der Waals surface area contributed by atoms with Crippen molar-refractivity contribution >= 4 is 43.6 Å². The van der Waals surface area contributed by atoms with E-state index in [1.54, 1.807) is 13.3 Å². The topological polar surface area (TPSA) is 135 Å². The first-order valence-corrected chi connectivity index (χ1v) is 19.3. The molecule has 0 aliphatic carbocycles. The Morgan fingerprint density at radius 1 is 0.676 bits per heavy atom. The van der Waals surface area contributed by atoms with E-state index in [0.29, 0.717) is 0 Å². The summed E-state index contributed by atoms with van der Waals surface area (Å²) in [5.74, 6) is -2.87. The van der Waals surface area contributed by atoms with Crippen molar-refractivity contribution in [3.05, 3.63) is 0 Å². The first-order chi connectivity index (χ1) is 17.5. The van der Waals surface area contributed by atoms with Gasteiger partial charge in [-0.3, -0.25) is 19.2 Å². The Labute approximate surface area is 228 Å². The molecule has 1 aliphatic heterocycles. The molecule has 1 saturated heterocycles. The number of carbonyl (C=O) groups excluding carboxylic acids is 4. The summed E-state index contributed by atoms with van der Waals surface area (Å²) in [5.41, 5.74) is 0. The van der Waals surface area contributed by atoms with Crippen LogP contribution in [0.25, 0.3) is 0 Å². The minimum atomic E-state index is -1.68. The molecule has 0 aromatic carbocycles. The van der Waals surface area contributed by atoms with Crippen LogP contribution in [0.15, 0.2) is 0 Å². The summed E-state index contributed by atoms with van der Waals surface area (Å²) < 4.78 is 30.1. The van der Waals surface area contributed by atoms with Gasteiger partial charge in [-0.2, -0.15) is 0 Å². The second kappa shape index (κ2) is 20.5. The second-order valence-electron chi connectivity index (χ2n) is 9.15. The van der Waals surface area contributed by atoms with Crippen molar-refractivity contribution in [1.82, 2.24) is 0 Å². The van der Waals surface area contributed by atoms with Crippen LogP contribution in [0.2, 0.25) is 13.3 Å². The molecule has 0 aromatic rings. The molecule has 1 rings (SSSR count). The van der Waals surface area contributed by atoms with Gasteiger partial charge in [-0.15, -0.1) is 0 Å². The van der Waals surface area contributed by atoms with Crippen molar-refractivity contribution in [1.29, 1.82) is 0 Å². The molecule has 1 radical (unpaired) electrons. The van der Waals surface area contributed by atoms with E-state index in [4.69, 9.17) is 23.7 Å². The van der Waals surface area contributed by atoms with Gasteiger partial charge in [0.2, 0.25) is 0 Å². The summed E-state index contributed by atoms with van der Waals surface area (Å²) in [7, 11) is 0. The van der Waals surface area contributed by atoms with Crippen LogP contribution in [0.5, 0.6) is 0 Å². The number of carbonyl (C=O) groups is 4. The Hall–Kier alpha value is -1.40. The summed E-state index contributed by atoms with van der Waals surface area (Å²) in [6.07, 6.45) is 2.05. The van der Waals surface area contributed by atoms with Crippen LogP contribution in [0.4, 0.5) is 0 Å².